The van der Waals surface area contributed by atoms with Crippen LogP contribution >= 0.6 is 0 Å². The molecule has 0 radical (unpaired) electrons. The lowest BCUT2D eigenvalue weighted by molar-refractivity contribution is 0.0820. The molecule has 1 N–H and O–H groups in total. The van der Waals surface area contributed by atoms with Crippen molar-refractivity contribution in [2.75, 3.05) is 6.26 Å². The largest absolute Gasteiger partial charge is 0.387 e. The van der Waals surface area contributed by atoms with Gasteiger partial charge in [0.2, 0.25) is 0 Å². The minimum atomic E-state index is -3.01. The summed E-state index contributed by atoms with van der Waals surface area (Å²) >= 11 is 0. The van der Waals surface area contributed by atoms with Crippen LogP contribution in [-0.4, -0.2) is 30.0 Å². The molecule has 4 nitrogen and oxygen atoms in total. The fourth-order valence-corrected chi connectivity index (χ4v) is 3.84. The second kappa shape index (κ2) is 5.36. The highest BCUT2D eigenvalue weighted by molar-refractivity contribution is 7.91. The van der Waals surface area contributed by atoms with Gasteiger partial charge in [0, 0.05) is 12.5 Å². The van der Waals surface area contributed by atoms with Gasteiger partial charge < -0.3 is 5.11 Å². The third kappa shape index (κ3) is 3.09. The van der Waals surface area contributed by atoms with Gasteiger partial charge in [0.15, 0.2) is 0 Å². The summed E-state index contributed by atoms with van der Waals surface area (Å²) in [6.45, 7) is 0. The number of hydrogen-bond donors (Lipinski definition) is 1. The van der Waals surface area contributed by atoms with E-state index in [1.165, 1.54) is 6.26 Å². The van der Waals surface area contributed by atoms with Crippen LogP contribution in [0.15, 0.2) is 24.4 Å². The predicted molar refractivity (Wildman–Crippen MR) is 69.8 cm³/mol. The molecule has 1 aliphatic carbocycles. The summed E-state index contributed by atoms with van der Waals surface area (Å²) in [6, 6.07) is 5.42. The van der Waals surface area contributed by atoms with Gasteiger partial charge in [-0.3, -0.25) is 4.98 Å². The van der Waals surface area contributed by atoms with Crippen LogP contribution in [0.1, 0.15) is 37.5 Å². The zero-order valence-electron chi connectivity index (χ0n) is 10.5. The molecule has 18 heavy (non-hydrogen) atoms. The van der Waals surface area contributed by atoms with Crippen LogP contribution < -0.4 is 0 Å². The Bertz CT molecular complexity index is 486. The Labute approximate surface area is 108 Å². The summed E-state index contributed by atoms with van der Waals surface area (Å²) in [5.74, 6) is -0.00613. The number of aromatic nitrogens is 1. The zero-order valence-corrected chi connectivity index (χ0v) is 11.3. The Hall–Kier alpha value is -0.940. The molecule has 0 aliphatic heterocycles. The second-order valence-electron chi connectivity index (χ2n) is 5.08. The number of aliphatic hydroxyl groups excluding tert-OH is 1. The van der Waals surface area contributed by atoms with Crippen LogP contribution in [0.2, 0.25) is 0 Å². The molecule has 1 aromatic rings. The van der Waals surface area contributed by atoms with E-state index in [-0.39, 0.29) is 11.2 Å². The van der Waals surface area contributed by atoms with Crippen molar-refractivity contribution in [3.63, 3.8) is 0 Å². The molecule has 5 heteroatoms. The van der Waals surface area contributed by atoms with Gasteiger partial charge >= 0.3 is 0 Å². The lowest BCUT2D eigenvalue weighted by atomic mass is 9.83. The van der Waals surface area contributed by atoms with E-state index in [0.717, 1.165) is 12.8 Å². The van der Waals surface area contributed by atoms with Crippen molar-refractivity contribution < 1.29 is 13.5 Å². The SMILES string of the molecule is CS(=O)(=O)C1CCCC(C(O)c2ccccn2)C1. The van der Waals surface area contributed by atoms with Crippen molar-refractivity contribution in [1.29, 1.82) is 0 Å². The lowest BCUT2D eigenvalue weighted by Crippen LogP contribution is -2.30. The van der Waals surface area contributed by atoms with Gasteiger partial charge in [-0.25, -0.2) is 8.42 Å². The molecule has 0 amide bonds. The highest BCUT2D eigenvalue weighted by Gasteiger charge is 2.33. The standard InChI is InChI=1S/C13H19NO3S/c1-18(16,17)11-6-4-5-10(9-11)13(15)12-7-2-3-8-14-12/h2-3,7-8,10-11,13,15H,4-6,9H2,1H3. The van der Waals surface area contributed by atoms with Gasteiger partial charge in [-0.15, -0.1) is 0 Å². The molecule has 1 aliphatic rings. The maximum atomic E-state index is 11.6. The van der Waals surface area contributed by atoms with Crippen molar-refractivity contribution in [2.24, 2.45) is 5.92 Å². The number of aliphatic hydroxyl groups is 1. The van der Waals surface area contributed by atoms with E-state index in [9.17, 15) is 13.5 Å². The average molecular weight is 269 g/mol. The van der Waals surface area contributed by atoms with Gasteiger partial charge in [-0.05, 0) is 37.3 Å². The number of nitrogens with zero attached hydrogens (tertiary/aromatic N) is 1. The van der Waals surface area contributed by atoms with Crippen molar-refractivity contribution in [3.8, 4) is 0 Å². The van der Waals surface area contributed by atoms with E-state index >= 15 is 0 Å². The molecule has 0 bridgehead atoms. The molecule has 100 valence electrons. The Kier molecular flexibility index (Phi) is 4.02. The van der Waals surface area contributed by atoms with Gasteiger partial charge in [-0.2, -0.15) is 0 Å². The first-order valence-electron chi connectivity index (χ1n) is 6.26. The topological polar surface area (TPSA) is 67.3 Å². The molecule has 2 rings (SSSR count). The van der Waals surface area contributed by atoms with Gasteiger partial charge in [-0.1, -0.05) is 12.5 Å². The average Bonchev–Trinajstić information content (AvgIpc) is 2.38. The number of sulfone groups is 1. The van der Waals surface area contributed by atoms with E-state index in [2.05, 4.69) is 4.98 Å². The summed E-state index contributed by atoms with van der Waals surface area (Å²) in [7, 11) is -3.01. The third-order valence-electron chi connectivity index (χ3n) is 3.71. The molecular weight excluding hydrogens is 250 g/mol. The maximum absolute atomic E-state index is 11.6. The smallest absolute Gasteiger partial charge is 0.150 e. The van der Waals surface area contributed by atoms with E-state index in [1.807, 2.05) is 6.07 Å². The van der Waals surface area contributed by atoms with Crippen LogP contribution in [0.4, 0.5) is 0 Å². The second-order valence-corrected chi connectivity index (χ2v) is 7.40. The molecule has 0 spiro atoms. The Balaban J connectivity index is 2.10. The Morgan fingerprint density at radius 1 is 1.39 bits per heavy atom. The molecule has 3 atom stereocenters. The van der Waals surface area contributed by atoms with Crippen molar-refractivity contribution >= 4 is 9.84 Å². The fourth-order valence-electron chi connectivity index (χ4n) is 2.65. The van der Waals surface area contributed by atoms with E-state index < -0.39 is 15.9 Å². The minimum absolute atomic E-state index is 0.00613. The summed E-state index contributed by atoms with van der Waals surface area (Å²) < 4.78 is 23.2. The Morgan fingerprint density at radius 3 is 2.78 bits per heavy atom. The molecular formula is C13H19NO3S. The molecule has 1 saturated carbocycles. The van der Waals surface area contributed by atoms with Crippen LogP contribution in [0.5, 0.6) is 0 Å². The zero-order chi connectivity index (χ0) is 13.2. The molecule has 1 fully saturated rings. The van der Waals surface area contributed by atoms with Crippen LogP contribution in [0.25, 0.3) is 0 Å². The minimum Gasteiger partial charge on any atom is -0.387 e. The normalized spacial score (nSPS) is 26.8. The first kappa shape index (κ1) is 13.5. The van der Waals surface area contributed by atoms with Crippen molar-refractivity contribution in [3.05, 3.63) is 30.1 Å². The quantitative estimate of drug-likeness (QED) is 0.907. The molecule has 3 unspecified atom stereocenters. The first-order chi connectivity index (χ1) is 8.48. The van der Waals surface area contributed by atoms with Crippen LogP contribution in [-0.2, 0) is 9.84 Å². The highest BCUT2D eigenvalue weighted by Crippen LogP contribution is 2.36. The Morgan fingerprint density at radius 2 is 2.17 bits per heavy atom. The molecule has 1 aromatic heterocycles. The highest BCUT2D eigenvalue weighted by atomic mass is 32.2. The van der Waals surface area contributed by atoms with E-state index in [4.69, 9.17) is 0 Å². The molecule has 0 aromatic carbocycles. The number of pyridine rings is 1. The van der Waals surface area contributed by atoms with Crippen LogP contribution in [0, 0.1) is 5.92 Å². The third-order valence-corrected chi connectivity index (χ3v) is 5.35. The summed E-state index contributed by atoms with van der Waals surface area (Å²) in [6.07, 6.45) is 5.25. The lowest BCUT2D eigenvalue weighted by Gasteiger charge is -2.30. The monoisotopic (exact) mass is 269 g/mol. The van der Waals surface area contributed by atoms with Crippen molar-refractivity contribution in [1.82, 2.24) is 4.98 Å². The first-order valence-corrected chi connectivity index (χ1v) is 8.22. The predicted octanol–water partition coefficient (Wildman–Crippen LogP) is 1.72. The van der Waals surface area contributed by atoms with Gasteiger partial charge in [0.25, 0.3) is 0 Å². The maximum Gasteiger partial charge on any atom is 0.150 e. The van der Waals surface area contributed by atoms with E-state index in [1.54, 1.807) is 18.3 Å². The summed E-state index contributed by atoms with van der Waals surface area (Å²) in [5, 5.41) is 9.96. The molecule has 0 saturated heterocycles. The van der Waals surface area contributed by atoms with Crippen molar-refractivity contribution in [2.45, 2.75) is 37.0 Å². The van der Waals surface area contributed by atoms with Gasteiger partial charge in [0.1, 0.15) is 9.84 Å². The van der Waals surface area contributed by atoms with Gasteiger partial charge in [0.05, 0.1) is 17.0 Å². The summed E-state index contributed by atoms with van der Waals surface area (Å²) in [5.41, 5.74) is 0.636. The van der Waals surface area contributed by atoms with Crippen LogP contribution in [0.3, 0.4) is 0 Å². The summed E-state index contributed by atoms with van der Waals surface area (Å²) in [4.78, 5) is 4.14. The number of rotatable bonds is 3. The fraction of sp³-hybridized carbons (Fsp3) is 0.615. The molecule has 1 heterocycles. The number of hydrogen-bond acceptors (Lipinski definition) is 4. The van der Waals surface area contributed by atoms with E-state index in [0.29, 0.717) is 18.5 Å².